The Balaban J connectivity index is 2.04. The number of hydrogen-bond donors (Lipinski definition) is 2. The molecule has 94 valence electrons. The standard InChI is InChI=1S/C10H15N3O3S/c1-12(2)11-4-3-6-9(10(15)16)13-7(14)5-8(13)17-6/h8,11H,3-5H2,1-2H3,(H,15,16)/t8-/m1/s1. The number of amides is 1. The lowest BCUT2D eigenvalue weighted by Crippen LogP contribution is -2.48. The molecule has 0 saturated carbocycles. The largest absolute Gasteiger partial charge is 0.477 e. The zero-order valence-electron chi connectivity index (χ0n) is 9.77. The van der Waals surface area contributed by atoms with E-state index in [0.717, 1.165) is 4.91 Å². The Bertz CT molecular complexity index is 394. The number of carboxylic acid groups (broad SMARTS) is 1. The first-order valence-electron chi connectivity index (χ1n) is 5.36. The van der Waals surface area contributed by atoms with Gasteiger partial charge in [-0.3, -0.25) is 20.1 Å². The average Bonchev–Trinajstić information content (AvgIpc) is 2.50. The molecule has 7 heteroatoms. The maximum atomic E-state index is 11.3. The first-order valence-corrected chi connectivity index (χ1v) is 6.24. The molecule has 0 aromatic carbocycles. The zero-order chi connectivity index (χ0) is 12.6. The fraction of sp³-hybridized carbons (Fsp3) is 0.600. The number of aliphatic carboxylic acids is 1. The molecule has 1 saturated heterocycles. The van der Waals surface area contributed by atoms with Crippen LogP contribution in [-0.4, -0.2) is 52.9 Å². The van der Waals surface area contributed by atoms with E-state index in [0.29, 0.717) is 19.4 Å². The number of carbonyl (C=O) groups is 2. The van der Waals surface area contributed by atoms with Gasteiger partial charge in [0.2, 0.25) is 5.91 Å². The van der Waals surface area contributed by atoms with Crippen LogP contribution < -0.4 is 5.43 Å². The molecule has 0 bridgehead atoms. The highest BCUT2D eigenvalue weighted by molar-refractivity contribution is 8.04. The van der Waals surface area contributed by atoms with Crippen molar-refractivity contribution in [3.05, 3.63) is 10.6 Å². The number of nitrogens with one attached hydrogen (secondary N) is 1. The minimum atomic E-state index is -1.01. The van der Waals surface area contributed by atoms with Gasteiger partial charge in [-0.2, -0.15) is 0 Å². The molecule has 2 aliphatic rings. The predicted molar refractivity (Wildman–Crippen MR) is 63.8 cm³/mol. The third-order valence-corrected chi connectivity index (χ3v) is 4.00. The molecule has 2 N–H and O–H groups in total. The van der Waals surface area contributed by atoms with Crippen LogP contribution in [0.4, 0.5) is 0 Å². The molecular formula is C10H15N3O3S. The highest BCUT2D eigenvalue weighted by atomic mass is 32.2. The lowest BCUT2D eigenvalue weighted by atomic mass is 10.1. The van der Waals surface area contributed by atoms with Crippen LogP contribution >= 0.6 is 11.8 Å². The van der Waals surface area contributed by atoms with Gasteiger partial charge in [0.05, 0.1) is 11.8 Å². The molecule has 0 radical (unpaired) electrons. The summed E-state index contributed by atoms with van der Waals surface area (Å²) in [6.45, 7) is 0.668. The van der Waals surface area contributed by atoms with Crippen LogP contribution in [0.15, 0.2) is 10.6 Å². The van der Waals surface area contributed by atoms with Gasteiger partial charge >= 0.3 is 5.97 Å². The Hall–Kier alpha value is -1.05. The summed E-state index contributed by atoms with van der Waals surface area (Å²) in [5.41, 5.74) is 3.26. The van der Waals surface area contributed by atoms with Crippen LogP contribution in [-0.2, 0) is 9.59 Å². The van der Waals surface area contributed by atoms with Gasteiger partial charge in [0.25, 0.3) is 0 Å². The SMILES string of the molecule is CN(C)NCCC1=C(C(=O)O)N2C(=O)C[C@H]2S1. The summed E-state index contributed by atoms with van der Waals surface area (Å²) in [5.74, 6) is -1.09. The molecule has 0 unspecified atom stereocenters. The smallest absolute Gasteiger partial charge is 0.353 e. The van der Waals surface area contributed by atoms with E-state index in [1.165, 1.54) is 16.7 Å². The first kappa shape index (κ1) is 12.4. The summed E-state index contributed by atoms with van der Waals surface area (Å²) in [6, 6.07) is 0. The van der Waals surface area contributed by atoms with Crippen molar-refractivity contribution in [3.63, 3.8) is 0 Å². The molecule has 2 heterocycles. The molecule has 0 aromatic rings. The lowest BCUT2D eigenvalue weighted by Gasteiger charge is -2.33. The van der Waals surface area contributed by atoms with Crippen LogP contribution in [0.5, 0.6) is 0 Å². The summed E-state index contributed by atoms with van der Waals surface area (Å²) in [7, 11) is 3.76. The lowest BCUT2D eigenvalue weighted by molar-refractivity contribution is -0.145. The van der Waals surface area contributed by atoms with Crippen LogP contribution in [0, 0.1) is 0 Å². The van der Waals surface area contributed by atoms with Gasteiger partial charge in [0.15, 0.2) is 0 Å². The number of carbonyl (C=O) groups excluding carboxylic acids is 1. The summed E-state index contributed by atoms with van der Waals surface area (Å²) in [4.78, 5) is 24.7. The maximum absolute atomic E-state index is 11.3. The summed E-state index contributed by atoms with van der Waals surface area (Å²) in [6.07, 6.45) is 1.08. The van der Waals surface area contributed by atoms with E-state index >= 15 is 0 Å². The molecule has 17 heavy (non-hydrogen) atoms. The van der Waals surface area contributed by atoms with Crippen molar-refractivity contribution >= 4 is 23.6 Å². The van der Waals surface area contributed by atoms with Crippen LogP contribution in [0.2, 0.25) is 0 Å². The van der Waals surface area contributed by atoms with Crippen molar-refractivity contribution in [1.29, 1.82) is 0 Å². The molecule has 6 nitrogen and oxygen atoms in total. The quantitative estimate of drug-likeness (QED) is 0.535. The molecule has 0 aliphatic carbocycles. The second-order valence-electron chi connectivity index (χ2n) is 4.17. The molecule has 1 amide bonds. The summed E-state index contributed by atoms with van der Waals surface area (Å²) < 4.78 is 0. The predicted octanol–water partition coefficient (Wildman–Crippen LogP) is 0.0441. The van der Waals surface area contributed by atoms with E-state index < -0.39 is 5.97 Å². The van der Waals surface area contributed by atoms with Gasteiger partial charge in [-0.1, -0.05) is 0 Å². The average molecular weight is 257 g/mol. The van der Waals surface area contributed by atoms with Crippen molar-refractivity contribution in [2.24, 2.45) is 0 Å². The fourth-order valence-electron chi connectivity index (χ4n) is 1.90. The van der Waals surface area contributed by atoms with E-state index in [1.54, 1.807) is 0 Å². The van der Waals surface area contributed by atoms with Crippen LogP contribution in [0.1, 0.15) is 12.8 Å². The minimum absolute atomic E-state index is 0.0166. The van der Waals surface area contributed by atoms with Crippen molar-refractivity contribution < 1.29 is 14.7 Å². The second-order valence-corrected chi connectivity index (χ2v) is 5.44. The van der Waals surface area contributed by atoms with Crippen LogP contribution in [0.25, 0.3) is 0 Å². The van der Waals surface area contributed by atoms with Crippen molar-refractivity contribution in [2.75, 3.05) is 20.6 Å². The number of thioether (sulfide) groups is 1. The van der Waals surface area contributed by atoms with E-state index in [1.807, 2.05) is 19.1 Å². The van der Waals surface area contributed by atoms with Crippen molar-refractivity contribution in [2.45, 2.75) is 18.2 Å². The number of β-lactam (4-membered cyclic amide) rings is 1. The van der Waals surface area contributed by atoms with Crippen molar-refractivity contribution in [3.8, 4) is 0 Å². The monoisotopic (exact) mass is 257 g/mol. The van der Waals surface area contributed by atoms with Crippen molar-refractivity contribution in [1.82, 2.24) is 15.3 Å². The molecule has 1 atom stereocenters. The van der Waals surface area contributed by atoms with Gasteiger partial charge in [-0.15, -0.1) is 11.8 Å². The van der Waals surface area contributed by atoms with Gasteiger partial charge in [-0.25, -0.2) is 4.79 Å². The first-order chi connectivity index (χ1) is 8.00. The van der Waals surface area contributed by atoms with Crippen LogP contribution in [0.3, 0.4) is 0 Å². The Kier molecular flexibility index (Phi) is 3.41. The Labute approximate surface area is 104 Å². The van der Waals surface area contributed by atoms with Gasteiger partial charge in [0, 0.05) is 25.5 Å². The van der Waals surface area contributed by atoms with Gasteiger partial charge < -0.3 is 5.11 Å². The normalized spacial score (nSPS) is 23.1. The third kappa shape index (κ3) is 2.31. The highest BCUT2D eigenvalue weighted by Crippen LogP contribution is 2.47. The number of carboxylic acids is 1. The Morgan fingerprint density at radius 2 is 2.35 bits per heavy atom. The topological polar surface area (TPSA) is 72.9 Å². The third-order valence-electron chi connectivity index (χ3n) is 2.67. The van der Waals surface area contributed by atoms with Gasteiger partial charge in [0.1, 0.15) is 5.70 Å². The molecule has 2 aliphatic heterocycles. The number of nitrogens with zero attached hydrogens (tertiary/aromatic N) is 2. The molecule has 1 fully saturated rings. The van der Waals surface area contributed by atoms with Gasteiger partial charge in [-0.05, 0) is 6.42 Å². The summed E-state index contributed by atoms with van der Waals surface area (Å²) in [5, 5.41) is 11.0. The Morgan fingerprint density at radius 1 is 1.65 bits per heavy atom. The number of rotatable bonds is 5. The zero-order valence-corrected chi connectivity index (χ0v) is 10.6. The molecular weight excluding hydrogens is 242 g/mol. The van der Waals surface area contributed by atoms with E-state index in [9.17, 15) is 9.59 Å². The number of hydrogen-bond acceptors (Lipinski definition) is 5. The fourth-order valence-corrected chi connectivity index (χ4v) is 3.30. The van der Waals surface area contributed by atoms with E-state index in [-0.39, 0.29) is 17.0 Å². The molecule has 0 spiro atoms. The second kappa shape index (κ2) is 4.67. The molecule has 2 rings (SSSR count). The minimum Gasteiger partial charge on any atom is -0.477 e. The Morgan fingerprint density at radius 3 is 2.88 bits per heavy atom. The summed E-state index contributed by atoms with van der Waals surface area (Å²) >= 11 is 1.50. The highest BCUT2D eigenvalue weighted by Gasteiger charge is 2.47. The number of hydrazine groups is 1. The number of fused-ring (bicyclic) bond motifs is 1. The van der Waals surface area contributed by atoms with E-state index in [4.69, 9.17) is 5.11 Å². The molecule has 0 aromatic heterocycles. The maximum Gasteiger partial charge on any atom is 0.353 e. The van der Waals surface area contributed by atoms with E-state index in [2.05, 4.69) is 5.43 Å².